The minimum atomic E-state index is -0.156. The maximum absolute atomic E-state index is 10.00. The second-order valence-corrected chi connectivity index (χ2v) is 7.64. The van der Waals surface area contributed by atoms with Crippen LogP contribution in [0.3, 0.4) is 0 Å². The van der Waals surface area contributed by atoms with Crippen LogP contribution in [-0.4, -0.2) is 40.4 Å². The van der Waals surface area contributed by atoms with Crippen molar-refractivity contribution >= 4 is 5.82 Å². The van der Waals surface area contributed by atoms with Gasteiger partial charge in [-0.3, -0.25) is 0 Å². The Hall–Kier alpha value is -1.20. The SMILES string of the molecule is COCc1cc(N2C3CCC2CC(O)C3)nc(C(C)(C)C)n1. The average molecular weight is 305 g/mol. The molecule has 1 aromatic heterocycles. The maximum Gasteiger partial charge on any atom is 0.136 e. The van der Waals surface area contributed by atoms with E-state index in [0.29, 0.717) is 18.7 Å². The van der Waals surface area contributed by atoms with E-state index in [0.717, 1.165) is 43.0 Å². The van der Waals surface area contributed by atoms with Crippen LogP contribution < -0.4 is 4.90 Å². The predicted molar refractivity (Wildman–Crippen MR) is 86.0 cm³/mol. The van der Waals surface area contributed by atoms with Crippen molar-refractivity contribution in [2.75, 3.05) is 12.0 Å². The highest BCUT2D eigenvalue weighted by atomic mass is 16.5. The number of hydrogen-bond acceptors (Lipinski definition) is 5. The molecule has 0 aromatic carbocycles. The van der Waals surface area contributed by atoms with Crippen LogP contribution in [0.2, 0.25) is 0 Å². The first kappa shape index (κ1) is 15.7. The van der Waals surface area contributed by atoms with Gasteiger partial charge in [-0.1, -0.05) is 20.8 Å². The maximum atomic E-state index is 10.00. The molecule has 0 amide bonds. The third-order valence-corrected chi connectivity index (χ3v) is 4.70. The molecule has 2 unspecified atom stereocenters. The van der Waals surface area contributed by atoms with Crippen molar-refractivity contribution in [3.63, 3.8) is 0 Å². The van der Waals surface area contributed by atoms with Crippen molar-refractivity contribution in [1.29, 1.82) is 0 Å². The zero-order valence-corrected chi connectivity index (χ0v) is 14.0. The second-order valence-electron chi connectivity index (χ2n) is 7.64. The highest BCUT2D eigenvalue weighted by Crippen LogP contribution is 2.39. The van der Waals surface area contributed by atoms with E-state index in [1.807, 2.05) is 0 Å². The van der Waals surface area contributed by atoms with Crippen LogP contribution >= 0.6 is 0 Å². The van der Waals surface area contributed by atoms with E-state index in [-0.39, 0.29) is 11.5 Å². The minimum absolute atomic E-state index is 0.0904. The molecule has 2 atom stereocenters. The van der Waals surface area contributed by atoms with Gasteiger partial charge in [0, 0.05) is 30.7 Å². The fraction of sp³-hybridized carbons (Fsp3) is 0.765. The molecule has 5 heteroatoms. The molecule has 2 fully saturated rings. The van der Waals surface area contributed by atoms with Crippen molar-refractivity contribution in [2.24, 2.45) is 0 Å². The van der Waals surface area contributed by atoms with Crippen LogP contribution in [0.4, 0.5) is 5.82 Å². The molecule has 3 heterocycles. The lowest BCUT2D eigenvalue weighted by molar-refractivity contribution is 0.126. The number of fused-ring (bicyclic) bond motifs is 2. The Kier molecular flexibility index (Phi) is 4.12. The zero-order chi connectivity index (χ0) is 15.9. The van der Waals surface area contributed by atoms with E-state index < -0.39 is 0 Å². The average Bonchev–Trinajstić information content (AvgIpc) is 2.70. The van der Waals surface area contributed by atoms with E-state index in [2.05, 4.69) is 36.7 Å². The lowest BCUT2D eigenvalue weighted by atomic mass is 9.95. The van der Waals surface area contributed by atoms with Crippen LogP contribution in [0.25, 0.3) is 0 Å². The summed E-state index contributed by atoms with van der Waals surface area (Å²) in [4.78, 5) is 11.9. The summed E-state index contributed by atoms with van der Waals surface area (Å²) in [5.74, 6) is 1.87. The summed E-state index contributed by atoms with van der Waals surface area (Å²) >= 11 is 0. The molecule has 1 aromatic rings. The van der Waals surface area contributed by atoms with E-state index in [9.17, 15) is 5.11 Å². The first-order valence-corrected chi connectivity index (χ1v) is 8.22. The van der Waals surface area contributed by atoms with Crippen LogP contribution in [0.15, 0.2) is 6.07 Å². The molecule has 0 saturated carbocycles. The zero-order valence-electron chi connectivity index (χ0n) is 14.0. The quantitative estimate of drug-likeness (QED) is 0.929. The van der Waals surface area contributed by atoms with E-state index >= 15 is 0 Å². The number of hydrogen-bond donors (Lipinski definition) is 1. The van der Waals surface area contributed by atoms with Gasteiger partial charge in [0.15, 0.2) is 0 Å². The van der Waals surface area contributed by atoms with Crippen LogP contribution in [-0.2, 0) is 16.8 Å². The van der Waals surface area contributed by atoms with Gasteiger partial charge in [0.1, 0.15) is 11.6 Å². The molecule has 5 nitrogen and oxygen atoms in total. The second kappa shape index (κ2) is 5.78. The molecule has 2 aliphatic heterocycles. The molecule has 22 heavy (non-hydrogen) atoms. The molecule has 0 spiro atoms. The van der Waals surface area contributed by atoms with E-state index in [4.69, 9.17) is 9.72 Å². The number of ether oxygens (including phenoxy) is 1. The number of aliphatic hydroxyl groups is 1. The Morgan fingerprint density at radius 3 is 2.41 bits per heavy atom. The third-order valence-electron chi connectivity index (χ3n) is 4.70. The summed E-state index contributed by atoms with van der Waals surface area (Å²) in [7, 11) is 1.69. The Balaban J connectivity index is 1.98. The molecule has 3 rings (SSSR count). The van der Waals surface area contributed by atoms with Gasteiger partial charge >= 0.3 is 0 Å². The highest BCUT2D eigenvalue weighted by Gasteiger charge is 2.41. The monoisotopic (exact) mass is 305 g/mol. The molecule has 1 N–H and O–H groups in total. The highest BCUT2D eigenvalue weighted by molar-refractivity contribution is 5.45. The summed E-state index contributed by atoms with van der Waals surface area (Å²) in [5.41, 5.74) is 0.843. The van der Waals surface area contributed by atoms with Crippen molar-refractivity contribution in [1.82, 2.24) is 9.97 Å². The number of piperidine rings is 1. The van der Waals surface area contributed by atoms with Gasteiger partial charge in [-0.25, -0.2) is 9.97 Å². The summed E-state index contributed by atoms with van der Waals surface area (Å²) in [6.07, 6.45) is 3.85. The van der Waals surface area contributed by atoms with Gasteiger partial charge in [-0.2, -0.15) is 0 Å². The first-order chi connectivity index (χ1) is 10.4. The third kappa shape index (κ3) is 2.97. The number of nitrogens with zero attached hydrogens (tertiary/aromatic N) is 3. The lowest BCUT2D eigenvalue weighted by Gasteiger charge is -2.38. The summed E-state index contributed by atoms with van der Waals surface area (Å²) in [6, 6.07) is 2.88. The lowest BCUT2D eigenvalue weighted by Crippen LogP contribution is -2.45. The summed E-state index contributed by atoms with van der Waals surface area (Å²) in [5, 5.41) is 10.00. The Labute approximate surface area is 132 Å². The van der Waals surface area contributed by atoms with Gasteiger partial charge in [0.25, 0.3) is 0 Å². The molecule has 0 radical (unpaired) electrons. The van der Waals surface area contributed by atoms with Crippen molar-refractivity contribution in [2.45, 2.75) is 76.7 Å². The fourth-order valence-electron chi connectivity index (χ4n) is 3.69. The number of aromatic nitrogens is 2. The van der Waals surface area contributed by atoms with Gasteiger partial charge in [-0.05, 0) is 25.7 Å². The van der Waals surface area contributed by atoms with E-state index in [1.165, 1.54) is 0 Å². The normalized spacial score (nSPS) is 28.2. The molecule has 0 aliphatic carbocycles. The van der Waals surface area contributed by atoms with Gasteiger partial charge < -0.3 is 14.7 Å². The molecule has 2 saturated heterocycles. The van der Waals surface area contributed by atoms with Crippen molar-refractivity contribution in [3.05, 3.63) is 17.6 Å². The van der Waals surface area contributed by atoms with Gasteiger partial charge in [-0.15, -0.1) is 0 Å². The number of aliphatic hydroxyl groups excluding tert-OH is 1. The first-order valence-electron chi connectivity index (χ1n) is 8.22. The van der Waals surface area contributed by atoms with Crippen molar-refractivity contribution < 1.29 is 9.84 Å². The molecular weight excluding hydrogens is 278 g/mol. The van der Waals surface area contributed by atoms with Crippen LogP contribution in [0.1, 0.15) is 58.0 Å². The minimum Gasteiger partial charge on any atom is -0.393 e. The molecule has 2 aliphatic rings. The number of anilines is 1. The number of methoxy groups -OCH3 is 1. The predicted octanol–water partition coefficient (Wildman–Crippen LogP) is 2.41. The standard InChI is InChI=1S/C17H27N3O2/c1-17(2,3)16-18-11(10-22-4)7-15(19-16)20-12-5-6-13(20)9-14(21)8-12/h7,12-14,21H,5-6,8-10H2,1-4H3. The van der Waals surface area contributed by atoms with Crippen LogP contribution in [0.5, 0.6) is 0 Å². The largest absolute Gasteiger partial charge is 0.393 e. The Morgan fingerprint density at radius 2 is 1.86 bits per heavy atom. The van der Waals surface area contributed by atoms with E-state index in [1.54, 1.807) is 7.11 Å². The topological polar surface area (TPSA) is 58.5 Å². The van der Waals surface area contributed by atoms with Gasteiger partial charge in [0.05, 0.1) is 18.4 Å². The fourth-order valence-corrected chi connectivity index (χ4v) is 3.69. The summed E-state index contributed by atoms with van der Waals surface area (Å²) in [6.45, 7) is 6.91. The molecule has 2 bridgehead atoms. The Bertz CT molecular complexity index is 527. The number of rotatable bonds is 3. The smallest absolute Gasteiger partial charge is 0.136 e. The van der Waals surface area contributed by atoms with Crippen LogP contribution in [0, 0.1) is 0 Å². The Morgan fingerprint density at radius 1 is 1.23 bits per heavy atom. The van der Waals surface area contributed by atoms with Gasteiger partial charge in [0.2, 0.25) is 0 Å². The molecular formula is C17H27N3O2. The molecule has 122 valence electrons. The van der Waals surface area contributed by atoms with Crippen molar-refractivity contribution in [3.8, 4) is 0 Å². The summed E-state index contributed by atoms with van der Waals surface area (Å²) < 4.78 is 5.28.